The van der Waals surface area contributed by atoms with Crippen LogP contribution in [0.3, 0.4) is 0 Å². The van der Waals surface area contributed by atoms with Gasteiger partial charge < -0.3 is 10.2 Å². The number of rotatable bonds is 6. The molecule has 1 N–H and O–H groups in total. The minimum atomic E-state index is -2.96. The summed E-state index contributed by atoms with van der Waals surface area (Å²) in [5, 5.41) is 3.38. The van der Waals surface area contributed by atoms with E-state index in [4.69, 9.17) is 0 Å². The van der Waals surface area contributed by atoms with Crippen molar-refractivity contribution >= 4 is 15.7 Å². The lowest BCUT2D eigenvalue weighted by atomic mass is 9.91. The van der Waals surface area contributed by atoms with Gasteiger partial charge in [-0.15, -0.1) is 0 Å². The Morgan fingerprint density at radius 1 is 1.38 bits per heavy atom. The summed E-state index contributed by atoms with van der Waals surface area (Å²) in [6, 6.07) is -0.125. The number of hydrogen-bond donors (Lipinski definition) is 1. The summed E-state index contributed by atoms with van der Waals surface area (Å²) in [5.41, 5.74) is -0.458. The first-order valence-corrected chi connectivity index (χ1v) is 10.0. The van der Waals surface area contributed by atoms with Crippen molar-refractivity contribution in [3.63, 3.8) is 0 Å². The van der Waals surface area contributed by atoms with E-state index in [1.165, 1.54) is 0 Å². The van der Waals surface area contributed by atoms with Crippen molar-refractivity contribution in [2.24, 2.45) is 0 Å². The predicted octanol–water partition coefficient (Wildman–Crippen LogP) is 1.33. The summed E-state index contributed by atoms with van der Waals surface area (Å²) < 4.78 is 23.5. The molecule has 0 bridgehead atoms. The predicted molar refractivity (Wildman–Crippen MR) is 83.9 cm³/mol. The Balaban J connectivity index is 2.17. The van der Waals surface area contributed by atoms with Gasteiger partial charge in [0.1, 0.15) is 0 Å². The molecule has 122 valence electrons. The standard InChI is InChI=1S/C15H28N2O3S/c1-3-5-10-17(13-7-11-21(19,20)12-13)14(18)15(4-2)8-6-9-16-15/h13,16H,3-12H2,1-2H3. The Kier molecular flexibility index (Phi) is 5.30. The Morgan fingerprint density at radius 2 is 2.14 bits per heavy atom. The normalized spacial score (nSPS) is 31.4. The van der Waals surface area contributed by atoms with Gasteiger partial charge in [-0.1, -0.05) is 20.3 Å². The van der Waals surface area contributed by atoms with Gasteiger partial charge in [0.15, 0.2) is 9.84 Å². The van der Waals surface area contributed by atoms with Crippen LogP contribution in [-0.4, -0.2) is 55.4 Å². The second-order valence-corrected chi connectivity index (χ2v) is 8.60. The average Bonchev–Trinajstić information content (AvgIpc) is 3.06. The van der Waals surface area contributed by atoms with Crippen LogP contribution in [0.25, 0.3) is 0 Å². The molecule has 2 fully saturated rings. The Hall–Kier alpha value is -0.620. The quantitative estimate of drug-likeness (QED) is 0.803. The third-order valence-electron chi connectivity index (χ3n) is 4.92. The van der Waals surface area contributed by atoms with E-state index in [0.717, 1.165) is 38.6 Å². The van der Waals surface area contributed by atoms with Crippen molar-refractivity contribution in [1.82, 2.24) is 10.2 Å². The molecule has 2 unspecified atom stereocenters. The van der Waals surface area contributed by atoms with Gasteiger partial charge in [-0.25, -0.2) is 8.42 Å². The molecular formula is C15H28N2O3S. The number of carbonyl (C=O) groups is 1. The van der Waals surface area contributed by atoms with Gasteiger partial charge in [0.2, 0.25) is 5.91 Å². The zero-order valence-electron chi connectivity index (χ0n) is 13.2. The van der Waals surface area contributed by atoms with E-state index >= 15 is 0 Å². The molecule has 0 aromatic carbocycles. The monoisotopic (exact) mass is 316 g/mol. The van der Waals surface area contributed by atoms with Crippen LogP contribution < -0.4 is 5.32 Å². The Bertz CT molecular complexity index is 469. The van der Waals surface area contributed by atoms with Crippen LogP contribution in [0.15, 0.2) is 0 Å². The summed E-state index contributed by atoms with van der Waals surface area (Å²) >= 11 is 0. The highest BCUT2D eigenvalue weighted by atomic mass is 32.2. The van der Waals surface area contributed by atoms with Crippen LogP contribution >= 0.6 is 0 Å². The van der Waals surface area contributed by atoms with Gasteiger partial charge in [-0.3, -0.25) is 4.79 Å². The number of nitrogens with one attached hydrogen (secondary N) is 1. The van der Waals surface area contributed by atoms with Crippen molar-refractivity contribution in [3.05, 3.63) is 0 Å². The van der Waals surface area contributed by atoms with Crippen LogP contribution in [0, 0.1) is 0 Å². The van der Waals surface area contributed by atoms with E-state index in [9.17, 15) is 13.2 Å². The topological polar surface area (TPSA) is 66.5 Å². The fourth-order valence-electron chi connectivity index (χ4n) is 3.52. The number of carbonyl (C=O) groups excluding carboxylic acids is 1. The van der Waals surface area contributed by atoms with E-state index < -0.39 is 15.4 Å². The van der Waals surface area contributed by atoms with Crippen LogP contribution in [0.4, 0.5) is 0 Å². The van der Waals surface area contributed by atoms with E-state index in [2.05, 4.69) is 12.2 Å². The largest absolute Gasteiger partial charge is 0.337 e. The second-order valence-electron chi connectivity index (χ2n) is 6.37. The summed E-state index contributed by atoms with van der Waals surface area (Å²) in [7, 11) is -2.96. The molecule has 2 aliphatic heterocycles. The van der Waals surface area contributed by atoms with E-state index in [0.29, 0.717) is 13.0 Å². The molecule has 2 atom stereocenters. The van der Waals surface area contributed by atoms with Crippen molar-refractivity contribution < 1.29 is 13.2 Å². The van der Waals surface area contributed by atoms with Gasteiger partial charge in [0.05, 0.1) is 17.0 Å². The number of unbranched alkanes of at least 4 members (excludes halogenated alkanes) is 1. The summed E-state index contributed by atoms with van der Waals surface area (Å²) in [6.07, 6.45) is 5.19. The molecule has 0 radical (unpaired) electrons. The molecule has 2 rings (SSSR count). The molecule has 5 nitrogen and oxygen atoms in total. The molecule has 2 heterocycles. The molecule has 2 saturated heterocycles. The lowest BCUT2D eigenvalue weighted by molar-refractivity contribution is -0.140. The van der Waals surface area contributed by atoms with E-state index in [1.807, 2.05) is 11.8 Å². The third kappa shape index (κ3) is 3.59. The number of hydrogen-bond acceptors (Lipinski definition) is 4. The molecule has 21 heavy (non-hydrogen) atoms. The highest BCUT2D eigenvalue weighted by Crippen LogP contribution is 2.29. The molecule has 0 aromatic heterocycles. The maximum absolute atomic E-state index is 13.1. The lowest BCUT2D eigenvalue weighted by Gasteiger charge is -2.37. The van der Waals surface area contributed by atoms with Gasteiger partial charge in [-0.2, -0.15) is 0 Å². The van der Waals surface area contributed by atoms with E-state index in [-0.39, 0.29) is 23.5 Å². The fraction of sp³-hybridized carbons (Fsp3) is 0.933. The van der Waals surface area contributed by atoms with Crippen molar-refractivity contribution in [2.75, 3.05) is 24.6 Å². The number of nitrogens with zero attached hydrogens (tertiary/aromatic N) is 1. The molecular weight excluding hydrogens is 288 g/mol. The summed E-state index contributed by atoms with van der Waals surface area (Å²) in [5.74, 6) is 0.487. The Morgan fingerprint density at radius 3 is 2.62 bits per heavy atom. The Labute approximate surface area is 128 Å². The van der Waals surface area contributed by atoms with E-state index in [1.54, 1.807) is 0 Å². The highest BCUT2D eigenvalue weighted by molar-refractivity contribution is 7.91. The molecule has 6 heteroatoms. The van der Waals surface area contributed by atoms with Crippen molar-refractivity contribution in [2.45, 2.75) is 64.0 Å². The van der Waals surface area contributed by atoms with Gasteiger partial charge >= 0.3 is 0 Å². The first kappa shape index (κ1) is 16.7. The molecule has 0 spiro atoms. The van der Waals surface area contributed by atoms with Gasteiger partial charge in [-0.05, 0) is 38.6 Å². The minimum Gasteiger partial charge on any atom is -0.337 e. The summed E-state index contributed by atoms with van der Waals surface area (Å²) in [4.78, 5) is 14.9. The van der Waals surface area contributed by atoms with Crippen LogP contribution in [0.1, 0.15) is 52.4 Å². The second kappa shape index (κ2) is 6.65. The first-order chi connectivity index (χ1) is 9.94. The van der Waals surface area contributed by atoms with Crippen molar-refractivity contribution in [1.29, 1.82) is 0 Å². The third-order valence-corrected chi connectivity index (χ3v) is 6.67. The van der Waals surface area contributed by atoms with Crippen LogP contribution in [0.5, 0.6) is 0 Å². The molecule has 0 aromatic rings. The molecule has 0 saturated carbocycles. The zero-order valence-corrected chi connectivity index (χ0v) is 14.0. The molecule has 2 aliphatic rings. The number of amides is 1. The van der Waals surface area contributed by atoms with Crippen LogP contribution in [0.2, 0.25) is 0 Å². The lowest BCUT2D eigenvalue weighted by Crippen LogP contribution is -2.57. The zero-order chi connectivity index (χ0) is 15.5. The summed E-state index contributed by atoms with van der Waals surface area (Å²) in [6.45, 7) is 5.69. The highest BCUT2D eigenvalue weighted by Gasteiger charge is 2.45. The smallest absolute Gasteiger partial charge is 0.243 e. The SMILES string of the molecule is CCCCN(C(=O)C1(CC)CCCN1)C1CCS(=O)(=O)C1. The molecule has 1 amide bonds. The van der Waals surface area contributed by atoms with Gasteiger partial charge in [0.25, 0.3) is 0 Å². The van der Waals surface area contributed by atoms with Gasteiger partial charge in [0, 0.05) is 12.6 Å². The van der Waals surface area contributed by atoms with Crippen molar-refractivity contribution in [3.8, 4) is 0 Å². The first-order valence-electron chi connectivity index (χ1n) is 8.20. The average molecular weight is 316 g/mol. The maximum atomic E-state index is 13.1. The minimum absolute atomic E-state index is 0.123. The number of sulfone groups is 1. The molecule has 0 aliphatic carbocycles. The maximum Gasteiger partial charge on any atom is 0.243 e. The fourth-order valence-corrected chi connectivity index (χ4v) is 5.25. The van der Waals surface area contributed by atoms with Crippen LogP contribution in [-0.2, 0) is 14.6 Å².